The number of thioether (sulfide) groups is 1. The molecule has 4 aromatic rings. The molecule has 0 saturated heterocycles. The first-order valence-electron chi connectivity index (χ1n) is 12.7. The summed E-state index contributed by atoms with van der Waals surface area (Å²) in [5.41, 5.74) is 7.56. The van der Waals surface area contributed by atoms with Gasteiger partial charge in [-0.2, -0.15) is 5.10 Å². The van der Waals surface area contributed by atoms with Crippen molar-refractivity contribution >= 4 is 53.0 Å². The molecule has 1 atom stereocenters. The van der Waals surface area contributed by atoms with Crippen molar-refractivity contribution in [2.75, 3.05) is 4.90 Å². The molecule has 0 saturated carbocycles. The summed E-state index contributed by atoms with van der Waals surface area (Å²) in [6.07, 6.45) is 1.39. The monoisotopic (exact) mass is 567 g/mol. The van der Waals surface area contributed by atoms with Crippen LogP contribution in [0.1, 0.15) is 48.9 Å². The van der Waals surface area contributed by atoms with Crippen molar-refractivity contribution in [3.63, 3.8) is 0 Å². The second-order valence-corrected chi connectivity index (χ2v) is 11.0. The van der Waals surface area contributed by atoms with Gasteiger partial charge in [0.15, 0.2) is 0 Å². The minimum absolute atomic E-state index is 0.383. The number of anilines is 1. The third-order valence-corrected chi connectivity index (χ3v) is 8.12. The molecule has 40 heavy (non-hydrogen) atoms. The van der Waals surface area contributed by atoms with Crippen LogP contribution in [0.25, 0.3) is 0 Å². The van der Waals surface area contributed by atoms with Crippen molar-refractivity contribution in [2.24, 2.45) is 5.10 Å². The van der Waals surface area contributed by atoms with Crippen molar-refractivity contribution in [3.05, 3.63) is 129 Å². The zero-order valence-electron chi connectivity index (χ0n) is 21.9. The van der Waals surface area contributed by atoms with Gasteiger partial charge in [0.25, 0.3) is 11.8 Å². The predicted molar refractivity (Wildman–Crippen MR) is 160 cm³/mol. The van der Waals surface area contributed by atoms with Crippen molar-refractivity contribution in [3.8, 4) is 0 Å². The Kier molecular flexibility index (Phi) is 8.14. The Morgan fingerprint density at radius 3 is 2.40 bits per heavy atom. The van der Waals surface area contributed by atoms with Crippen molar-refractivity contribution in [2.45, 2.75) is 30.4 Å². The van der Waals surface area contributed by atoms with Crippen LogP contribution in [0.2, 0.25) is 5.02 Å². The summed E-state index contributed by atoms with van der Waals surface area (Å²) in [4.78, 5) is 41.9. The van der Waals surface area contributed by atoms with Crippen LogP contribution in [0.5, 0.6) is 0 Å². The Morgan fingerprint density at radius 2 is 1.68 bits per heavy atom. The van der Waals surface area contributed by atoms with E-state index in [-0.39, 0.29) is 5.91 Å². The summed E-state index contributed by atoms with van der Waals surface area (Å²) in [5, 5.41) is 4.81. The van der Waals surface area contributed by atoms with E-state index in [1.165, 1.54) is 11.1 Å². The lowest BCUT2D eigenvalue weighted by molar-refractivity contribution is -0.118. The molecule has 5 rings (SSSR count). The van der Waals surface area contributed by atoms with Crippen LogP contribution in [0.4, 0.5) is 5.69 Å². The molecule has 200 valence electrons. The Morgan fingerprint density at radius 1 is 0.950 bits per heavy atom. The zero-order chi connectivity index (χ0) is 28.2. The fourth-order valence-corrected chi connectivity index (χ4v) is 5.37. The first-order chi connectivity index (χ1) is 19.3. The quantitative estimate of drug-likeness (QED) is 0.114. The van der Waals surface area contributed by atoms with Gasteiger partial charge in [0, 0.05) is 33.0 Å². The molecule has 0 aromatic heterocycles. The fraction of sp³-hybridized carbons (Fsp3) is 0.125. The van der Waals surface area contributed by atoms with Gasteiger partial charge in [0.1, 0.15) is 5.92 Å². The highest BCUT2D eigenvalue weighted by Crippen LogP contribution is 2.32. The van der Waals surface area contributed by atoms with Gasteiger partial charge in [0.2, 0.25) is 5.91 Å². The third kappa shape index (κ3) is 5.86. The molecule has 0 fully saturated rings. The molecule has 0 spiro atoms. The fourth-order valence-electron chi connectivity index (χ4n) is 4.39. The highest BCUT2D eigenvalue weighted by Gasteiger charge is 2.38. The summed E-state index contributed by atoms with van der Waals surface area (Å²) >= 11 is 7.62. The van der Waals surface area contributed by atoms with Crippen LogP contribution in [-0.4, -0.2) is 23.9 Å². The van der Waals surface area contributed by atoms with Crippen LogP contribution >= 0.6 is 23.4 Å². The Hall–Kier alpha value is -4.20. The lowest BCUT2D eigenvalue weighted by Gasteiger charge is -2.31. The number of amides is 3. The second kappa shape index (κ2) is 11.9. The highest BCUT2D eigenvalue weighted by atomic mass is 35.5. The number of nitrogens with zero attached hydrogens (tertiary/aromatic N) is 2. The van der Waals surface area contributed by atoms with E-state index in [0.29, 0.717) is 27.4 Å². The molecular formula is C32H26ClN3O3S. The number of halogens is 1. The normalized spacial score (nSPS) is 14.9. The van der Waals surface area contributed by atoms with E-state index >= 15 is 0 Å². The molecule has 6 nitrogen and oxygen atoms in total. The van der Waals surface area contributed by atoms with Gasteiger partial charge < -0.3 is 0 Å². The Balaban J connectivity index is 1.28. The number of aryl methyl sites for hydroxylation is 2. The van der Waals surface area contributed by atoms with Gasteiger partial charge in [-0.15, -0.1) is 11.8 Å². The largest absolute Gasteiger partial charge is 0.273 e. The molecule has 0 bridgehead atoms. The summed E-state index contributed by atoms with van der Waals surface area (Å²) < 4.78 is 0. The standard InChI is InChI=1S/C32H26ClN3O3S/c1-20-7-14-25(17-21(20)2)36-31(38)28-6-4-3-5-27(28)29(32(36)39)18-34-35-30(37)23-10-8-22(9-11-23)19-40-26-15-12-24(33)13-16-26/h3-18,29H,19H2,1-2H3,(H,35,37). The SMILES string of the molecule is Cc1ccc(N2C(=O)c3ccccc3C(C=NNC(=O)c3ccc(CSc4ccc(Cl)cc4)cc3)C2=O)cc1C. The number of imide groups is 1. The Labute approximate surface area is 242 Å². The van der Waals surface area contributed by atoms with Crippen LogP contribution in [-0.2, 0) is 10.5 Å². The summed E-state index contributed by atoms with van der Waals surface area (Å²) in [7, 11) is 0. The van der Waals surface area contributed by atoms with Gasteiger partial charge in [-0.25, -0.2) is 10.3 Å². The third-order valence-electron chi connectivity index (χ3n) is 6.79. The number of carbonyl (C=O) groups excluding carboxylic acids is 3. The molecular weight excluding hydrogens is 542 g/mol. The summed E-state index contributed by atoms with van der Waals surface area (Å²) in [6, 6.07) is 27.4. The molecule has 8 heteroatoms. The maximum atomic E-state index is 13.6. The number of hydrazone groups is 1. The summed E-state index contributed by atoms with van der Waals surface area (Å²) in [5.74, 6) is -1.28. The maximum Gasteiger partial charge on any atom is 0.271 e. The molecule has 1 N–H and O–H groups in total. The van der Waals surface area contributed by atoms with Gasteiger partial charge in [-0.05, 0) is 90.7 Å². The lowest BCUT2D eigenvalue weighted by atomic mass is 9.88. The van der Waals surface area contributed by atoms with Crippen LogP contribution in [0.3, 0.4) is 0 Å². The number of fused-ring (bicyclic) bond motifs is 1. The number of benzene rings is 4. The van der Waals surface area contributed by atoms with E-state index in [4.69, 9.17) is 11.6 Å². The number of nitrogens with one attached hydrogen (secondary N) is 1. The first-order valence-corrected chi connectivity index (χ1v) is 14.0. The zero-order valence-corrected chi connectivity index (χ0v) is 23.5. The average Bonchev–Trinajstić information content (AvgIpc) is 2.96. The number of hydrogen-bond acceptors (Lipinski definition) is 5. The van der Waals surface area contributed by atoms with E-state index in [9.17, 15) is 14.4 Å². The first kappa shape index (κ1) is 27.4. The molecule has 1 unspecified atom stereocenters. The van der Waals surface area contributed by atoms with Gasteiger partial charge in [0.05, 0.1) is 5.69 Å². The molecule has 1 heterocycles. The van der Waals surface area contributed by atoms with E-state index in [1.807, 2.05) is 62.4 Å². The number of carbonyl (C=O) groups is 3. The van der Waals surface area contributed by atoms with Crippen LogP contribution in [0, 0.1) is 13.8 Å². The molecule has 3 amide bonds. The maximum absolute atomic E-state index is 13.6. The van der Waals surface area contributed by atoms with E-state index in [1.54, 1.807) is 54.2 Å². The molecule has 0 radical (unpaired) electrons. The van der Waals surface area contributed by atoms with E-state index in [0.717, 1.165) is 27.3 Å². The molecule has 1 aliphatic heterocycles. The average molecular weight is 568 g/mol. The van der Waals surface area contributed by atoms with Gasteiger partial charge in [-0.3, -0.25) is 14.4 Å². The Bertz CT molecular complexity index is 1620. The van der Waals surface area contributed by atoms with E-state index < -0.39 is 17.7 Å². The van der Waals surface area contributed by atoms with Crippen molar-refractivity contribution < 1.29 is 14.4 Å². The molecule has 1 aliphatic rings. The van der Waals surface area contributed by atoms with Gasteiger partial charge >= 0.3 is 0 Å². The lowest BCUT2D eigenvalue weighted by Crippen LogP contribution is -2.45. The predicted octanol–water partition coefficient (Wildman–Crippen LogP) is 6.94. The topological polar surface area (TPSA) is 78.8 Å². The van der Waals surface area contributed by atoms with Crippen molar-refractivity contribution in [1.29, 1.82) is 0 Å². The van der Waals surface area contributed by atoms with Crippen molar-refractivity contribution in [1.82, 2.24) is 5.43 Å². The molecule has 0 aliphatic carbocycles. The van der Waals surface area contributed by atoms with Crippen LogP contribution in [0.15, 0.2) is 101 Å². The van der Waals surface area contributed by atoms with E-state index in [2.05, 4.69) is 10.5 Å². The smallest absolute Gasteiger partial charge is 0.271 e. The minimum Gasteiger partial charge on any atom is -0.273 e. The highest BCUT2D eigenvalue weighted by molar-refractivity contribution is 7.98. The van der Waals surface area contributed by atoms with Gasteiger partial charge in [-0.1, -0.05) is 48.0 Å². The molecule has 4 aromatic carbocycles. The van der Waals surface area contributed by atoms with Crippen LogP contribution < -0.4 is 10.3 Å². The second-order valence-electron chi connectivity index (χ2n) is 9.47. The number of rotatable bonds is 7. The number of hydrogen-bond donors (Lipinski definition) is 1. The minimum atomic E-state index is -0.830. The summed E-state index contributed by atoms with van der Waals surface area (Å²) in [6.45, 7) is 3.91.